The first-order valence-corrected chi connectivity index (χ1v) is 9.23. The molecule has 0 heterocycles. The molecule has 0 aromatic heterocycles. The van der Waals surface area contributed by atoms with Crippen molar-refractivity contribution in [3.8, 4) is 11.5 Å². The lowest BCUT2D eigenvalue weighted by molar-refractivity contribution is -0.139. The standard InChI is InChI=1S/C24H22O5/c1-27-24(26)15-22(25)21-14-20(28-16-18-8-4-2-5-9-18)12-13-23(21)29-17-19-10-6-3-7-11-19/h2-14H,15-17H2,1H3. The molecule has 0 radical (unpaired) electrons. The highest BCUT2D eigenvalue weighted by Crippen LogP contribution is 2.27. The largest absolute Gasteiger partial charge is 0.489 e. The second-order valence-electron chi connectivity index (χ2n) is 6.38. The zero-order valence-electron chi connectivity index (χ0n) is 16.2. The summed E-state index contributed by atoms with van der Waals surface area (Å²) in [6, 6.07) is 24.4. The molecule has 0 saturated carbocycles. The molecule has 148 valence electrons. The van der Waals surface area contributed by atoms with Gasteiger partial charge in [-0.05, 0) is 29.3 Å². The zero-order valence-corrected chi connectivity index (χ0v) is 16.2. The number of benzene rings is 3. The third kappa shape index (κ3) is 5.94. The summed E-state index contributed by atoms with van der Waals surface area (Å²) in [6.45, 7) is 0.680. The van der Waals surface area contributed by atoms with Crippen LogP contribution in [0.1, 0.15) is 27.9 Å². The fraction of sp³-hybridized carbons (Fsp3) is 0.167. The third-order valence-electron chi connectivity index (χ3n) is 4.27. The van der Waals surface area contributed by atoms with E-state index in [9.17, 15) is 9.59 Å². The summed E-state index contributed by atoms with van der Waals surface area (Å²) in [5.74, 6) is -0.0614. The predicted octanol–water partition coefficient (Wildman–Crippen LogP) is 4.59. The van der Waals surface area contributed by atoms with Crippen LogP contribution in [0.5, 0.6) is 11.5 Å². The molecule has 0 N–H and O–H groups in total. The van der Waals surface area contributed by atoms with Crippen molar-refractivity contribution in [1.82, 2.24) is 0 Å². The number of esters is 1. The summed E-state index contributed by atoms with van der Waals surface area (Å²) in [6.07, 6.45) is -0.361. The van der Waals surface area contributed by atoms with E-state index >= 15 is 0 Å². The molecular formula is C24H22O5. The Balaban J connectivity index is 1.78. The van der Waals surface area contributed by atoms with Crippen molar-refractivity contribution in [3.05, 3.63) is 95.6 Å². The van der Waals surface area contributed by atoms with Crippen LogP contribution in [-0.4, -0.2) is 18.9 Å². The van der Waals surface area contributed by atoms with Crippen LogP contribution in [0.15, 0.2) is 78.9 Å². The number of carbonyl (C=O) groups is 2. The Morgan fingerprint density at radius 3 is 1.93 bits per heavy atom. The SMILES string of the molecule is COC(=O)CC(=O)c1cc(OCc2ccccc2)ccc1OCc1ccccc1. The Hall–Kier alpha value is -3.60. The number of hydrogen-bond acceptors (Lipinski definition) is 5. The van der Waals surface area contributed by atoms with Crippen LogP contribution in [0, 0.1) is 0 Å². The fourth-order valence-electron chi connectivity index (χ4n) is 2.72. The maximum atomic E-state index is 12.6. The summed E-state index contributed by atoms with van der Waals surface area (Å²) >= 11 is 0. The normalized spacial score (nSPS) is 10.2. The van der Waals surface area contributed by atoms with Crippen LogP contribution in [0.2, 0.25) is 0 Å². The van der Waals surface area contributed by atoms with Crippen molar-refractivity contribution in [2.24, 2.45) is 0 Å². The van der Waals surface area contributed by atoms with Crippen LogP contribution >= 0.6 is 0 Å². The molecular weight excluding hydrogens is 368 g/mol. The molecule has 0 aliphatic rings. The second kappa shape index (κ2) is 10.1. The van der Waals surface area contributed by atoms with Crippen molar-refractivity contribution in [2.75, 3.05) is 7.11 Å². The molecule has 0 spiro atoms. The van der Waals surface area contributed by atoms with Crippen LogP contribution in [-0.2, 0) is 22.7 Å². The molecule has 0 unspecified atom stereocenters. The topological polar surface area (TPSA) is 61.8 Å². The Bertz CT molecular complexity index is 952. The highest BCUT2D eigenvalue weighted by molar-refractivity contribution is 6.07. The molecule has 0 amide bonds. The van der Waals surface area contributed by atoms with E-state index in [2.05, 4.69) is 4.74 Å². The van der Waals surface area contributed by atoms with Gasteiger partial charge in [-0.25, -0.2) is 0 Å². The highest BCUT2D eigenvalue weighted by atomic mass is 16.5. The minimum absolute atomic E-state index is 0.289. The van der Waals surface area contributed by atoms with Crippen LogP contribution in [0.4, 0.5) is 0 Å². The maximum absolute atomic E-state index is 12.6. The number of ketones is 1. The van der Waals surface area contributed by atoms with E-state index < -0.39 is 5.97 Å². The maximum Gasteiger partial charge on any atom is 0.313 e. The molecule has 0 aliphatic heterocycles. The molecule has 29 heavy (non-hydrogen) atoms. The first-order chi connectivity index (χ1) is 14.2. The minimum Gasteiger partial charge on any atom is -0.489 e. The zero-order chi connectivity index (χ0) is 20.5. The number of hydrogen-bond donors (Lipinski definition) is 0. The van der Waals surface area contributed by atoms with Gasteiger partial charge in [0.2, 0.25) is 0 Å². The first kappa shape index (κ1) is 20.1. The van der Waals surface area contributed by atoms with Gasteiger partial charge < -0.3 is 14.2 Å². The van der Waals surface area contributed by atoms with Gasteiger partial charge in [0.05, 0.1) is 12.7 Å². The summed E-state index contributed by atoms with van der Waals surface area (Å²) in [5, 5.41) is 0. The van der Waals surface area contributed by atoms with Crippen molar-refractivity contribution in [1.29, 1.82) is 0 Å². The quantitative estimate of drug-likeness (QED) is 0.304. The van der Waals surface area contributed by atoms with E-state index in [4.69, 9.17) is 9.47 Å². The number of ether oxygens (including phenoxy) is 3. The van der Waals surface area contributed by atoms with Crippen molar-refractivity contribution < 1.29 is 23.8 Å². The average Bonchev–Trinajstić information content (AvgIpc) is 2.77. The molecule has 0 saturated heterocycles. The molecule has 0 aliphatic carbocycles. The molecule has 3 aromatic carbocycles. The molecule has 3 rings (SSSR count). The number of Topliss-reactive ketones (excluding diaryl/α,β-unsaturated/α-hetero) is 1. The van der Waals surface area contributed by atoms with E-state index in [1.54, 1.807) is 18.2 Å². The van der Waals surface area contributed by atoms with Gasteiger partial charge in [0.15, 0.2) is 5.78 Å². The minimum atomic E-state index is -0.598. The number of methoxy groups -OCH3 is 1. The van der Waals surface area contributed by atoms with E-state index in [-0.39, 0.29) is 17.8 Å². The van der Waals surface area contributed by atoms with Gasteiger partial charge in [-0.1, -0.05) is 60.7 Å². The number of rotatable bonds is 9. The van der Waals surface area contributed by atoms with Gasteiger partial charge in [-0.3, -0.25) is 9.59 Å². The molecule has 5 nitrogen and oxygen atoms in total. The van der Waals surface area contributed by atoms with Crippen LogP contribution in [0.25, 0.3) is 0 Å². The Morgan fingerprint density at radius 2 is 1.34 bits per heavy atom. The van der Waals surface area contributed by atoms with Gasteiger partial charge in [0.1, 0.15) is 31.1 Å². The van der Waals surface area contributed by atoms with Crippen molar-refractivity contribution in [2.45, 2.75) is 19.6 Å². The van der Waals surface area contributed by atoms with Crippen LogP contribution < -0.4 is 9.47 Å². The lowest BCUT2D eigenvalue weighted by atomic mass is 10.1. The molecule has 5 heteroatoms. The lowest BCUT2D eigenvalue weighted by Gasteiger charge is -2.13. The Morgan fingerprint density at radius 1 is 0.759 bits per heavy atom. The monoisotopic (exact) mass is 390 g/mol. The summed E-state index contributed by atoms with van der Waals surface area (Å²) in [7, 11) is 1.25. The molecule has 3 aromatic rings. The average molecular weight is 390 g/mol. The van der Waals surface area contributed by atoms with E-state index in [0.29, 0.717) is 24.7 Å². The summed E-state index contributed by atoms with van der Waals surface area (Å²) in [4.78, 5) is 24.2. The van der Waals surface area contributed by atoms with E-state index in [1.165, 1.54) is 7.11 Å². The van der Waals surface area contributed by atoms with Gasteiger partial charge in [0.25, 0.3) is 0 Å². The number of carbonyl (C=O) groups excluding carboxylic acids is 2. The first-order valence-electron chi connectivity index (χ1n) is 9.23. The fourth-order valence-corrected chi connectivity index (χ4v) is 2.72. The highest BCUT2D eigenvalue weighted by Gasteiger charge is 2.18. The van der Waals surface area contributed by atoms with Crippen LogP contribution in [0.3, 0.4) is 0 Å². The summed E-state index contributed by atoms with van der Waals surface area (Å²) < 4.78 is 16.3. The lowest BCUT2D eigenvalue weighted by Crippen LogP contribution is -2.11. The van der Waals surface area contributed by atoms with Crippen molar-refractivity contribution >= 4 is 11.8 Å². The third-order valence-corrected chi connectivity index (χ3v) is 4.27. The second-order valence-corrected chi connectivity index (χ2v) is 6.38. The van der Waals surface area contributed by atoms with Crippen molar-refractivity contribution in [3.63, 3.8) is 0 Å². The molecule has 0 atom stereocenters. The summed E-state index contributed by atoms with van der Waals surface area (Å²) in [5.41, 5.74) is 2.28. The molecule has 0 fully saturated rings. The van der Waals surface area contributed by atoms with Gasteiger partial charge >= 0.3 is 5.97 Å². The Labute approximate surface area is 169 Å². The van der Waals surface area contributed by atoms with Gasteiger partial charge in [-0.15, -0.1) is 0 Å². The van der Waals surface area contributed by atoms with E-state index in [1.807, 2.05) is 60.7 Å². The Kier molecular flexibility index (Phi) is 7.00. The van der Waals surface area contributed by atoms with Gasteiger partial charge in [-0.2, -0.15) is 0 Å². The smallest absolute Gasteiger partial charge is 0.313 e. The van der Waals surface area contributed by atoms with E-state index in [0.717, 1.165) is 11.1 Å². The predicted molar refractivity (Wildman–Crippen MR) is 109 cm³/mol. The van der Waals surface area contributed by atoms with Gasteiger partial charge in [0, 0.05) is 0 Å². The molecule has 0 bridgehead atoms.